The fraction of sp³-hybridized carbons (Fsp3) is 0.111. The monoisotopic (exact) mass is 533 g/mol. The normalized spacial score (nSPS) is 18.0. The predicted molar refractivity (Wildman–Crippen MR) is 148 cm³/mol. The van der Waals surface area contributed by atoms with Crippen LogP contribution >= 0.6 is 35.6 Å². The highest BCUT2D eigenvalue weighted by Gasteiger charge is 2.43. The van der Waals surface area contributed by atoms with E-state index < -0.39 is 11.8 Å². The summed E-state index contributed by atoms with van der Waals surface area (Å²) in [5.41, 5.74) is 2.82. The van der Waals surface area contributed by atoms with Gasteiger partial charge in [0.1, 0.15) is 10.9 Å². The summed E-state index contributed by atoms with van der Waals surface area (Å²) < 4.78 is 0.388. The van der Waals surface area contributed by atoms with Crippen molar-refractivity contribution < 1.29 is 14.4 Å². The van der Waals surface area contributed by atoms with E-state index in [1.807, 2.05) is 37.3 Å². The van der Waals surface area contributed by atoms with Crippen LogP contribution in [0.3, 0.4) is 0 Å². The lowest BCUT2D eigenvalue weighted by Crippen LogP contribution is -2.35. The summed E-state index contributed by atoms with van der Waals surface area (Å²) in [6.45, 7) is 1.68. The summed E-state index contributed by atoms with van der Waals surface area (Å²) in [6, 6.07) is 23.3. The molecule has 2 heterocycles. The van der Waals surface area contributed by atoms with Crippen LogP contribution in [0, 0.1) is 0 Å². The van der Waals surface area contributed by atoms with Gasteiger partial charge >= 0.3 is 0 Å². The van der Waals surface area contributed by atoms with E-state index in [-0.39, 0.29) is 29.0 Å². The third-order valence-corrected chi connectivity index (χ3v) is 7.80. The third kappa shape index (κ3) is 4.32. The Kier molecular flexibility index (Phi) is 6.66. The number of thioether (sulfide) groups is 1. The molecule has 3 amide bonds. The summed E-state index contributed by atoms with van der Waals surface area (Å²) in [5, 5.41) is 3.15. The molecule has 0 aromatic heterocycles. The molecule has 0 unspecified atom stereocenters. The van der Waals surface area contributed by atoms with Gasteiger partial charge in [0, 0.05) is 5.56 Å². The van der Waals surface area contributed by atoms with Crippen molar-refractivity contribution >= 4 is 74.6 Å². The fourth-order valence-corrected chi connectivity index (χ4v) is 5.97. The van der Waals surface area contributed by atoms with Crippen LogP contribution in [0.25, 0.3) is 5.57 Å². The molecule has 0 radical (unpaired) electrons. The average molecular weight is 534 g/mol. The minimum absolute atomic E-state index is 0.231. The molecule has 2 aliphatic rings. The number of hydrogen-bond donors (Lipinski definition) is 1. The Morgan fingerprint density at radius 3 is 2.39 bits per heavy atom. The van der Waals surface area contributed by atoms with Gasteiger partial charge in [0.25, 0.3) is 11.8 Å². The zero-order valence-corrected chi connectivity index (χ0v) is 21.5. The summed E-state index contributed by atoms with van der Waals surface area (Å²) in [4.78, 5) is 43.2. The first-order chi connectivity index (χ1) is 17.4. The van der Waals surface area contributed by atoms with Gasteiger partial charge in [-0.2, -0.15) is 0 Å². The maximum absolute atomic E-state index is 13.6. The molecule has 3 aromatic rings. The van der Waals surface area contributed by atoms with E-state index >= 15 is 0 Å². The number of nitrogens with zero attached hydrogens (tertiary/aromatic N) is 2. The highest BCUT2D eigenvalue weighted by Crippen LogP contribution is 2.46. The molecule has 0 saturated carbocycles. The van der Waals surface area contributed by atoms with E-state index in [1.165, 1.54) is 4.90 Å². The maximum atomic E-state index is 13.6. The molecule has 9 heteroatoms. The maximum Gasteiger partial charge on any atom is 0.267 e. The standard InChI is InChI=1S/C27H20ClN3O3S2/c1-16(17-9-3-2-4-10-17)31-26(34)24(36-27(31)35)23-18-11-5-8-14-21(18)30(25(23)33)15-22(32)29-20-13-7-6-12-19(20)28/h2-14,16H,15H2,1H3,(H,29,32)/b24-23-/t16-/m1/s1. The van der Waals surface area contributed by atoms with Crippen LogP contribution in [0.15, 0.2) is 83.8 Å². The predicted octanol–water partition coefficient (Wildman–Crippen LogP) is 5.66. The number of amides is 3. The van der Waals surface area contributed by atoms with Gasteiger partial charge < -0.3 is 5.32 Å². The number of nitrogens with one attached hydrogen (secondary N) is 1. The van der Waals surface area contributed by atoms with Gasteiger partial charge in [-0.25, -0.2) is 0 Å². The van der Waals surface area contributed by atoms with Gasteiger partial charge in [-0.05, 0) is 30.7 Å². The lowest BCUT2D eigenvalue weighted by molar-refractivity contribution is -0.123. The SMILES string of the molecule is C[C@H](c1ccccc1)N1C(=O)/C(=C2/C(=O)N(CC(=O)Nc3ccccc3Cl)c3ccccc32)SC1=S. The van der Waals surface area contributed by atoms with Crippen molar-refractivity contribution in [2.75, 3.05) is 16.8 Å². The van der Waals surface area contributed by atoms with Crippen LogP contribution in [0.5, 0.6) is 0 Å². The number of carbonyl (C=O) groups is 3. The number of para-hydroxylation sites is 2. The number of anilines is 2. The van der Waals surface area contributed by atoms with Crippen LogP contribution in [0.2, 0.25) is 5.02 Å². The molecule has 2 aliphatic heterocycles. The molecular weight excluding hydrogens is 514 g/mol. The first kappa shape index (κ1) is 24.2. The molecule has 1 N–H and O–H groups in total. The lowest BCUT2D eigenvalue weighted by atomic mass is 10.1. The Morgan fingerprint density at radius 1 is 0.972 bits per heavy atom. The Labute approximate surface area is 222 Å². The van der Waals surface area contributed by atoms with Gasteiger partial charge in [-0.15, -0.1) is 0 Å². The Morgan fingerprint density at radius 2 is 1.64 bits per heavy atom. The second kappa shape index (κ2) is 9.89. The van der Waals surface area contributed by atoms with Gasteiger partial charge in [0.15, 0.2) is 0 Å². The molecule has 36 heavy (non-hydrogen) atoms. The molecule has 1 saturated heterocycles. The topological polar surface area (TPSA) is 69.7 Å². The first-order valence-electron chi connectivity index (χ1n) is 11.2. The number of hydrogen-bond acceptors (Lipinski definition) is 5. The number of carbonyl (C=O) groups excluding carboxylic acids is 3. The van der Waals surface area contributed by atoms with Crippen molar-refractivity contribution in [3.63, 3.8) is 0 Å². The van der Waals surface area contributed by atoms with Crippen LogP contribution in [0.1, 0.15) is 24.1 Å². The van der Waals surface area contributed by atoms with Gasteiger partial charge in [-0.1, -0.05) is 96.2 Å². The van der Waals surface area contributed by atoms with Gasteiger partial charge in [-0.3, -0.25) is 24.2 Å². The fourth-order valence-electron chi connectivity index (χ4n) is 4.30. The minimum Gasteiger partial charge on any atom is -0.323 e. The summed E-state index contributed by atoms with van der Waals surface area (Å²) >= 11 is 12.8. The molecule has 5 rings (SSSR count). The van der Waals surface area contributed by atoms with Crippen molar-refractivity contribution in [1.29, 1.82) is 0 Å². The smallest absolute Gasteiger partial charge is 0.267 e. The Hall–Kier alpha value is -3.46. The second-order valence-electron chi connectivity index (χ2n) is 8.27. The van der Waals surface area contributed by atoms with E-state index in [1.54, 1.807) is 53.4 Å². The minimum atomic E-state index is -0.418. The number of halogens is 1. The molecule has 1 fully saturated rings. The van der Waals surface area contributed by atoms with Crippen LogP contribution in [-0.4, -0.2) is 33.5 Å². The molecular formula is C27H20ClN3O3S2. The lowest BCUT2D eigenvalue weighted by Gasteiger charge is -2.23. The molecule has 0 bridgehead atoms. The molecule has 0 aliphatic carbocycles. The highest BCUT2D eigenvalue weighted by molar-refractivity contribution is 8.26. The Balaban J connectivity index is 1.46. The third-order valence-electron chi connectivity index (χ3n) is 6.07. The number of rotatable bonds is 5. The highest BCUT2D eigenvalue weighted by atomic mass is 35.5. The number of fused-ring (bicyclic) bond motifs is 1. The van der Waals surface area contributed by atoms with E-state index in [2.05, 4.69) is 5.32 Å². The quantitative estimate of drug-likeness (QED) is 0.338. The molecule has 6 nitrogen and oxygen atoms in total. The van der Waals surface area contributed by atoms with Crippen LogP contribution in [-0.2, 0) is 14.4 Å². The van der Waals surface area contributed by atoms with Crippen molar-refractivity contribution in [3.8, 4) is 0 Å². The van der Waals surface area contributed by atoms with Gasteiger partial charge in [0.05, 0.1) is 32.9 Å². The zero-order valence-electron chi connectivity index (χ0n) is 19.1. The average Bonchev–Trinajstić information content (AvgIpc) is 3.32. The molecule has 180 valence electrons. The van der Waals surface area contributed by atoms with Crippen molar-refractivity contribution in [2.24, 2.45) is 0 Å². The summed E-state index contributed by atoms with van der Waals surface area (Å²) in [5.74, 6) is -1.14. The van der Waals surface area contributed by atoms with Crippen molar-refractivity contribution in [1.82, 2.24) is 4.90 Å². The summed E-state index contributed by atoms with van der Waals surface area (Å²) in [6.07, 6.45) is 0. The molecule has 1 atom stereocenters. The van der Waals surface area contributed by atoms with E-state index in [9.17, 15) is 14.4 Å². The van der Waals surface area contributed by atoms with Crippen LogP contribution in [0.4, 0.5) is 11.4 Å². The number of thiocarbonyl (C=S) groups is 1. The molecule has 3 aromatic carbocycles. The zero-order chi connectivity index (χ0) is 25.4. The van der Waals surface area contributed by atoms with Crippen molar-refractivity contribution in [3.05, 3.63) is 99.9 Å². The van der Waals surface area contributed by atoms with E-state index in [0.717, 1.165) is 17.3 Å². The Bertz CT molecular complexity index is 1440. The number of benzene rings is 3. The first-order valence-corrected chi connectivity index (χ1v) is 12.8. The largest absolute Gasteiger partial charge is 0.323 e. The van der Waals surface area contributed by atoms with E-state index in [4.69, 9.17) is 23.8 Å². The van der Waals surface area contributed by atoms with Crippen molar-refractivity contribution in [2.45, 2.75) is 13.0 Å². The molecule has 0 spiro atoms. The summed E-state index contributed by atoms with van der Waals surface area (Å²) in [7, 11) is 0. The second-order valence-corrected chi connectivity index (χ2v) is 10.3. The van der Waals surface area contributed by atoms with E-state index in [0.29, 0.717) is 26.3 Å². The van der Waals surface area contributed by atoms with Crippen LogP contribution < -0.4 is 10.2 Å². The van der Waals surface area contributed by atoms with Gasteiger partial charge in [0.2, 0.25) is 5.91 Å².